The molecule has 6 heteroatoms. The van der Waals surface area contributed by atoms with Gasteiger partial charge in [-0.2, -0.15) is 0 Å². The van der Waals surface area contributed by atoms with Crippen molar-refractivity contribution in [3.63, 3.8) is 0 Å². The lowest BCUT2D eigenvalue weighted by molar-refractivity contribution is -0.137. The van der Waals surface area contributed by atoms with E-state index in [1.807, 2.05) is 61.5 Å². The number of carbonyl (C=O) groups excluding carboxylic acids is 1. The largest absolute Gasteiger partial charge is 0.494 e. The highest BCUT2D eigenvalue weighted by atomic mass is 16.5. The minimum atomic E-state index is -0.997. The summed E-state index contributed by atoms with van der Waals surface area (Å²) in [4.78, 5) is 28.6. The van der Waals surface area contributed by atoms with Gasteiger partial charge in [0.1, 0.15) is 17.1 Å². The van der Waals surface area contributed by atoms with E-state index in [1.165, 1.54) is 0 Å². The van der Waals surface area contributed by atoms with Gasteiger partial charge in [0, 0.05) is 5.56 Å². The van der Waals surface area contributed by atoms with Gasteiger partial charge in [-0.1, -0.05) is 60.2 Å². The number of benzene rings is 2. The lowest BCUT2D eigenvalue weighted by Crippen LogP contribution is -2.30. The van der Waals surface area contributed by atoms with E-state index in [4.69, 9.17) is 4.74 Å². The van der Waals surface area contributed by atoms with Gasteiger partial charge in [-0.3, -0.25) is 9.59 Å². The second kappa shape index (κ2) is 9.01. The first-order valence-corrected chi connectivity index (χ1v) is 9.17. The summed E-state index contributed by atoms with van der Waals surface area (Å²) in [6.45, 7) is 1.95. The minimum Gasteiger partial charge on any atom is -0.494 e. The molecule has 0 fully saturated rings. The standard InChI is InChI=1S/C23H22N2O4/c1-15-8-10-16(11-9-15)19(14-21(26)27)25-23(28)18-12-13-20(29-2)22(24-18)17-6-4-3-5-7-17/h3-13,19H,14H2,1-2H3,(H,25,28)(H,26,27). The zero-order chi connectivity index (χ0) is 20.8. The van der Waals surface area contributed by atoms with E-state index in [1.54, 1.807) is 19.2 Å². The van der Waals surface area contributed by atoms with Crippen LogP contribution in [0.2, 0.25) is 0 Å². The quantitative estimate of drug-likeness (QED) is 0.636. The maximum atomic E-state index is 12.9. The fourth-order valence-corrected chi connectivity index (χ4v) is 3.00. The van der Waals surface area contributed by atoms with Crippen molar-refractivity contribution in [3.8, 4) is 17.0 Å². The van der Waals surface area contributed by atoms with E-state index >= 15 is 0 Å². The lowest BCUT2D eigenvalue weighted by atomic mass is 10.0. The van der Waals surface area contributed by atoms with Gasteiger partial charge < -0.3 is 15.2 Å². The summed E-state index contributed by atoms with van der Waals surface area (Å²) in [5, 5.41) is 12.1. The predicted molar refractivity (Wildman–Crippen MR) is 110 cm³/mol. The van der Waals surface area contributed by atoms with Crippen LogP contribution in [0.4, 0.5) is 0 Å². The average molecular weight is 390 g/mol. The highest BCUT2D eigenvalue weighted by Gasteiger charge is 2.21. The van der Waals surface area contributed by atoms with Crippen LogP contribution < -0.4 is 10.1 Å². The van der Waals surface area contributed by atoms with E-state index in [9.17, 15) is 14.7 Å². The number of aromatic nitrogens is 1. The molecule has 2 N–H and O–H groups in total. The van der Waals surface area contributed by atoms with E-state index in [0.717, 1.165) is 16.7 Å². The number of carboxylic acid groups (broad SMARTS) is 1. The third kappa shape index (κ3) is 4.99. The summed E-state index contributed by atoms with van der Waals surface area (Å²) in [6, 6.07) is 19.4. The first-order chi connectivity index (χ1) is 14.0. The maximum absolute atomic E-state index is 12.9. The number of aliphatic carboxylic acids is 1. The fraction of sp³-hybridized carbons (Fsp3) is 0.174. The Balaban J connectivity index is 1.90. The summed E-state index contributed by atoms with van der Waals surface area (Å²) in [7, 11) is 1.55. The SMILES string of the molecule is COc1ccc(C(=O)NC(CC(=O)O)c2ccc(C)cc2)nc1-c1ccccc1. The van der Waals surface area contributed by atoms with Crippen molar-refractivity contribution < 1.29 is 19.4 Å². The molecular formula is C23H22N2O4. The van der Waals surface area contributed by atoms with Crippen LogP contribution in [0.1, 0.15) is 34.1 Å². The number of nitrogens with one attached hydrogen (secondary N) is 1. The molecule has 1 unspecified atom stereocenters. The van der Waals surface area contributed by atoms with E-state index in [0.29, 0.717) is 11.4 Å². The number of ether oxygens (including phenoxy) is 1. The smallest absolute Gasteiger partial charge is 0.305 e. The number of hydrogen-bond donors (Lipinski definition) is 2. The molecule has 0 saturated carbocycles. The van der Waals surface area contributed by atoms with Crippen molar-refractivity contribution in [2.45, 2.75) is 19.4 Å². The van der Waals surface area contributed by atoms with Gasteiger partial charge in [-0.25, -0.2) is 4.98 Å². The molecule has 0 aliphatic rings. The van der Waals surface area contributed by atoms with Crippen LogP contribution in [0.3, 0.4) is 0 Å². The first-order valence-electron chi connectivity index (χ1n) is 9.17. The number of rotatable bonds is 7. The number of hydrogen-bond acceptors (Lipinski definition) is 4. The van der Waals surface area contributed by atoms with E-state index in [-0.39, 0.29) is 12.1 Å². The number of carboxylic acids is 1. The van der Waals surface area contributed by atoms with Crippen LogP contribution in [-0.2, 0) is 4.79 Å². The summed E-state index contributed by atoms with van der Waals surface area (Å²) >= 11 is 0. The molecule has 2 aromatic carbocycles. The summed E-state index contributed by atoms with van der Waals surface area (Å²) in [6.07, 6.45) is -0.226. The van der Waals surface area contributed by atoms with Crippen LogP contribution in [0, 0.1) is 6.92 Å². The van der Waals surface area contributed by atoms with Gasteiger partial charge in [0.15, 0.2) is 0 Å². The Bertz CT molecular complexity index is 1000. The number of methoxy groups -OCH3 is 1. The van der Waals surface area contributed by atoms with Crippen molar-refractivity contribution in [1.82, 2.24) is 10.3 Å². The van der Waals surface area contributed by atoms with Gasteiger partial charge in [-0.05, 0) is 24.6 Å². The van der Waals surface area contributed by atoms with Crippen LogP contribution in [0.5, 0.6) is 5.75 Å². The Labute approximate surface area is 169 Å². The van der Waals surface area contributed by atoms with Gasteiger partial charge in [-0.15, -0.1) is 0 Å². The van der Waals surface area contributed by atoms with Crippen LogP contribution in [-0.4, -0.2) is 29.1 Å². The maximum Gasteiger partial charge on any atom is 0.305 e. The molecule has 148 valence electrons. The minimum absolute atomic E-state index is 0.187. The van der Waals surface area contributed by atoms with Crippen LogP contribution >= 0.6 is 0 Å². The second-order valence-corrected chi connectivity index (χ2v) is 6.65. The Morgan fingerprint density at radius 3 is 2.34 bits per heavy atom. The van der Waals surface area contributed by atoms with E-state index < -0.39 is 17.9 Å². The predicted octanol–water partition coefficient (Wildman–Crippen LogP) is 4.01. The molecule has 0 aliphatic carbocycles. The third-order valence-electron chi connectivity index (χ3n) is 4.52. The second-order valence-electron chi connectivity index (χ2n) is 6.65. The number of amides is 1. The Morgan fingerprint density at radius 1 is 1.03 bits per heavy atom. The van der Waals surface area contributed by atoms with Crippen molar-refractivity contribution >= 4 is 11.9 Å². The summed E-state index contributed by atoms with van der Waals surface area (Å²) in [5.74, 6) is -0.895. The van der Waals surface area contributed by atoms with Crippen molar-refractivity contribution in [2.24, 2.45) is 0 Å². The molecule has 0 radical (unpaired) electrons. The summed E-state index contributed by atoms with van der Waals surface area (Å²) < 4.78 is 5.38. The third-order valence-corrected chi connectivity index (χ3v) is 4.52. The zero-order valence-corrected chi connectivity index (χ0v) is 16.3. The molecule has 0 saturated heterocycles. The van der Waals surface area contributed by atoms with Gasteiger partial charge in [0.25, 0.3) is 5.91 Å². The molecule has 1 amide bonds. The Morgan fingerprint density at radius 2 is 1.72 bits per heavy atom. The molecule has 1 heterocycles. The highest BCUT2D eigenvalue weighted by molar-refractivity contribution is 5.93. The number of nitrogens with zero attached hydrogens (tertiary/aromatic N) is 1. The Hall–Kier alpha value is -3.67. The monoisotopic (exact) mass is 390 g/mol. The molecule has 0 bridgehead atoms. The van der Waals surface area contributed by atoms with Gasteiger partial charge in [0.05, 0.1) is 19.6 Å². The number of aryl methyl sites for hydroxylation is 1. The molecule has 0 spiro atoms. The van der Waals surface area contributed by atoms with Crippen molar-refractivity contribution in [3.05, 3.63) is 83.6 Å². The molecule has 29 heavy (non-hydrogen) atoms. The van der Waals surface area contributed by atoms with Crippen molar-refractivity contribution in [2.75, 3.05) is 7.11 Å². The van der Waals surface area contributed by atoms with Gasteiger partial charge >= 0.3 is 5.97 Å². The first kappa shape index (κ1) is 20.1. The van der Waals surface area contributed by atoms with Crippen LogP contribution in [0.15, 0.2) is 66.7 Å². The molecule has 3 aromatic rings. The van der Waals surface area contributed by atoms with E-state index in [2.05, 4.69) is 10.3 Å². The molecule has 6 nitrogen and oxygen atoms in total. The van der Waals surface area contributed by atoms with Crippen LogP contribution in [0.25, 0.3) is 11.3 Å². The number of pyridine rings is 1. The molecule has 3 rings (SSSR count). The zero-order valence-electron chi connectivity index (χ0n) is 16.3. The number of carbonyl (C=O) groups is 2. The molecule has 0 aliphatic heterocycles. The highest BCUT2D eigenvalue weighted by Crippen LogP contribution is 2.28. The normalized spacial score (nSPS) is 11.5. The fourth-order valence-electron chi connectivity index (χ4n) is 3.00. The van der Waals surface area contributed by atoms with Gasteiger partial charge in [0.2, 0.25) is 0 Å². The Kier molecular flexibility index (Phi) is 6.24. The molecule has 1 aromatic heterocycles. The summed E-state index contributed by atoms with van der Waals surface area (Å²) in [5.41, 5.74) is 3.33. The lowest BCUT2D eigenvalue weighted by Gasteiger charge is -2.18. The average Bonchev–Trinajstić information content (AvgIpc) is 2.73. The topological polar surface area (TPSA) is 88.5 Å². The molecular weight excluding hydrogens is 368 g/mol. The van der Waals surface area contributed by atoms with Crippen molar-refractivity contribution in [1.29, 1.82) is 0 Å². The molecule has 1 atom stereocenters.